The maximum Gasteiger partial charge on any atom is 0.305 e. The highest BCUT2D eigenvalue weighted by molar-refractivity contribution is 5.70. The van der Waals surface area contributed by atoms with Gasteiger partial charge in [-0.25, -0.2) is 0 Å². The van der Waals surface area contributed by atoms with Crippen LogP contribution in [0.4, 0.5) is 0 Å². The second-order valence-electron chi connectivity index (χ2n) is 28.1. The number of carbonyl (C=O) groups is 4. The van der Waals surface area contributed by atoms with Gasteiger partial charge in [0.05, 0.1) is 26.4 Å². The first-order valence-electron chi connectivity index (χ1n) is 39.7. The van der Waals surface area contributed by atoms with Crippen molar-refractivity contribution in [2.24, 2.45) is 23.7 Å². The third-order valence-electron chi connectivity index (χ3n) is 19.1. The molecule has 0 radical (unpaired) electrons. The summed E-state index contributed by atoms with van der Waals surface area (Å²) in [6.45, 7) is 28.7. The molecule has 0 aliphatic heterocycles. The Morgan fingerprint density at radius 3 is 0.656 bits per heavy atom. The first-order valence-corrected chi connectivity index (χ1v) is 39.7. The summed E-state index contributed by atoms with van der Waals surface area (Å²) in [6, 6.07) is 0. The molecule has 0 aromatic rings. The topological polar surface area (TPSA) is 115 Å². The summed E-state index contributed by atoms with van der Waals surface area (Å²) in [5.41, 5.74) is 0. The van der Waals surface area contributed by atoms with Gasteiger partial charge < -0.3 is 33.6 Å². The maximum absolute atomic E-state index is 12.9. The minimum absolute atomic E-state index is 0.0259. The molecule has 534 valence electrons. The molecule has 0 aromatic carbocycles. The van der Waals surface area contributed by atoms with Crippen LogP contribution < -0.4 is 0 Å². The lowest BCUT2D eigenvalue weighted by Crippen LogP contribution is -2.32. The number of esters is 4. The van der Waals surface area contributed by atoms with E-state index in [9.17, 15) is 19.2 Å². The van der Waals surface area contributed by atoms with Crippen molar-refractivity contribution in [1.82, 2.24) is 14.7 Å². The number of carbonyl (C=O) groups excluding carboxylic acids is 4. The fourth-order valence-corrected chi connectivity index (χ4v) is 12.8. The molecule has 11 nitrogen and oxygen atoms in total. The molecule has 0 fully saturated rings. The Bertz CT molecular complexity index is 1340. The van der Waals surface area contributed by atoms with Crippen molar-refractivity contribution in [3.05, 3.63) is 0 Å². The highest BCUT2D eigenvalue weighted by Gasteiger charge is 2.18. The number of ether oxygens (including phenoxy) is 4. The maximum atomic E-state index is 12.9. The van der Waals surface area contributed by atoms with Gasteiger partial charge in [0.1, 0.15) is 0 Å². The van der Waals surface area contributed by atoms with E-state index >= 15 is 0 Å². The zero-order valence-electron chi connectivity index (χ0n) is 61.8. The standard InChI is InChI=1S/C79H155N3O8/c1-10-18-26-34-52-72(48-22-14-5)68-87-76(83)56-38-30-42-62-81(63-43-31-39-57-77(84)88-69-73(49-23-15-6)53-35-27-19-11-2)66-46-60-80(9)61-47-67-82(64-44-32-40-58-78(85)89-70-74(50-24-16-7)54-36-28-20-12-3)65-45-33-41-59-79(86)90-71-75(51-25-17-8)55-37-29-21-13-4/h72-75H,10-71H2,1-9H3. The monoisotopic (exact) mass is 1270 g/mol. The molecular formula is C79H155N3O8. The zero-order valence-corrected chi connectivity index (χ0v) is 61.8. The third-order valence-corrected chi connectivity index (χ3v) is 19.1. The Labute approximate surface area is 560 Å². The fraction of sp³-hybridized carbons (Fsp3) is 0.949. The number of unbranched alkanes of at least 4 members (excludes halogenated alkanes) is 24. The van der Waals surface area contributed by atoms with Gasteiger partial charge in [0.15, 0.2) is 0 Å². The molecule has 0 saturated carbocycles. The Hall–Kier alpha value is -2.24. The second kappa shape index (κ2) is 68.2. The minimum atomic E-state index is -0.0259. The van der Waals surface area contributed by atoms with Gasteiger partial charge in [0, 0.05) is 25.7 Å². The van der Waals surface area contributed by atoms with Gasteiger partial charge in [0.25, 0.3) is 0 Å². The Balaban J connectivity index is 5.52. The molecule has 4 unspecified atom stereocenters. The molecule has 0 bridgehead atoms. The van der Waals surface area contributed by atoms with Gasteiger partial charge in [-0.2, -0.15) is 0 Å². The van der Waals surface area contributed by atoms with E-state index < -0.39 is 0 Å². The minimum Gasteiger partial charge on any atom is -0.465 e. The number of hydrogen-bond donors (Lipinski definition) is 0. The summed E-state index contributed by atoms with van der Waals surface area (Å²) in [6.07, 6.45) is 55.3. The molecule has 0 amide bonds. The first-order chi connectivity index (χ1) is 44.0. The van der Waals surface area contributed by atoms with Crippen molar-refractivity contribution in [3.8, 4) is 0 Å². The lowest BCUT2D eigenvalue weighted by atomic mass is 9.96. The van der Waals surface area contributed by atoms with Gasteiger partial charge in [-0.1, -0.05) is 235 Å². The van der Waals surface area contributed by atoms with Gasteiger partial charge in [0.2, 0.25) is 0 Å². The number of hydrogen-bond acceptors (Lipinski definition) is 11. The van der Waals surface area contributed by atoms with Gasteiger partial charge >= 0.3 is 23.9 Å². The van der Waals surface area contributed by atoms with E-state index in [0.29, 0.717) is 75.8 Å². The van der Waals surface area contributed by atoms with Crippen molar-refractivity contribution in [2.75, 3.05) is 85.8 Å². The zero-order chi connectivity index (χ0) is 66.0. The van der Waals surface area contributed by atoms with Gasteiger partial charge in [-0.3, -0.25) is 19.2 Å². The predicted molar refractivity (Wildman–Crippen MR) is 384 cm³/mol. The van der Waals surface area contributed by atoms with E-state index in [2.05, 4.69) is 77.1 Å². The largest absolute Gasteiger partial charge is 0.465 e. The van der Waals surface area contributed by atoms with Crippen LogP contribution in [-0.2, 0) is 38.1 Å². The first kappa shape index (κ1) is 87.8. The molecule has 90 heavy (non-hydrogen) atoms. The van der Waals surface area contributed by atoms with Crippen molar-refractivity contribution in [2.45, 2.75) is 376 Å². The SMILES string of the molecule is CCCCCCC(CCCC)COC(=O)CCCCCN(CCCCCC(=O)OCC(CCCC)CCCCCC)CCCN(C)CCCN(CCCCCC(=O)OCC(CCCC)CCCCCC)CCCCCC(=O)OCC(CCCC)CCCCCC. The number of nitrogens with zero attached hydrogens (tertiary/aromatic N) is 3. The van der Waals surface area contributed by atoms with E-state index in [1.165, 1.54) is 180 Å². The average Bonchev–Trinajstić information content (AvgIpc) is 3.67. The van der Waals surface area contributed by atoms with Crippen molar-refractivity contribution in [1.29, 1.82) is 0 Å². The molecule has 11 heteroatoms. The highest BCUT2D eigenvalue weighted by Crippen LogP contribution is 2.23. The molecule has 0 rings (SSSR count). The summed E-state index contributed by atoms with van der Waals surface area (Å²) < 4.78 is 23.5. The van der Waals surface area contributed by atoms with Crippen LogP contribution in [0.25, 0.3) is 0 Å². The fourth-order valence-electron chi connectivity index (χ4n) is 12.8. The molecular weight excluding hydrogens is 1120 g/mol. The lowest BCUT2D eigenvalue weighted by molar-refractivity contribution is -0.146. The summed E-state index contributed by atoms with van der Waals surface area (Å²) in [5, 5.41) is 0. The molecule has 0 aromatic heterocycles. The molecule has 0 N–H and O–H groups in total. The van der Waals surface area contributed by atoms with Crippen LogP contribution in [0.2, 0.25) is 0 Å². The van der Waals surface area contributed by atoms with Gasteiger partial charge in [-0.15, -0.1) is 0 Å². The summed E-state index contributed by atoms with van der Waals surface area (Å²) >= 11 is 0. The average molecular weight is 1280 g/mol. The summed E-state index contributed by atoms with van der Waals surface area (Å²) in [4.78, 5) is 59.4. The Kier molecular flexibility index (Phi) is 66.5. The molecule has 0 heterocycles. The van der Waals surface area contributed by atoms with E-state index in [1.807, 2.05) is 0 Å². The summed E-state index contributed by atoms with van der Waals surface area (Å²) in [7, 11) is 2.28. The molecule has 0 aliphatic carbocycles. The molecule has 0 spiro atoms. The highest BCUT2D eigenvalue weighted by atomic mass is 16.5. The van der Waals surface area contributed by atoms with Gasteiger partial charge in [-0.05, 0) is 199 Å². The van der Waals surface area contributed by atoms with Crippen molar-refractivity contribution >= 4 is 23.9 Å². The van der Waals surface area contributed by atoms with Crippen LogP contribution in [0.15, 0.2) is 0 Å². The van der Waals surface area contributed by atoms with E-state index in [1.54, 1.807) is 0 Å². The Morgan fingerprint density at radius 1 is 0.233 bits per heavy atom. The van der Waals surface area contributed by atoms with E-state index in [-0.39, 0.29) is 23.9 Å². The third kappa shape index (κ3) is 59.5. The smallest absolute Gasteiger partial charge is 0.305 e. The Morgan fingerprint density at radius 2 is 0.433 bits per heavy atom. The second-order valence-corrected chi connectivity index (χ2v) is 28.1. The van der Waals surface area contributed by atoms with Crippen LogP contribution in [-0.4, -0.2) is 124 Å². The van der Waals surface area contributed by atoms with Crippen LogP contribution in [0, 0.1) is 23.7 Å². The molecule has 0 saturated heterocycles. The van der Waals surface area contributed by atoms with Crippen LogP contribution in [0.3, 0.4) is 0 Å². The molecule has 0 aliphatic rings. The quantitative estimate of drug-likeness (QED) is 0.0329. The lowest BCUT2D eigenvalue weighted by Gasteiger charge is -2.26. The predicted octanol–water partition coefficient (Wildman–Crippen LogP) is 21.8. The van der Waals surface area contributed by atoms with Crippen molar-refractivity contribution in [3.63, 3.8) is 0 Å². The molecule has 4 atom stereocenters. The summed E-state index contributed by atoms with van der Waals surface area (Å²) in [5.74, 6) is 1.88. The van der Waals surface area contributed by atoms with Crippen LogP contribution in [0.1, 0.15) is 376 Å². The van der Waals surface area contributed by atoms with Crippen molar-refractivity contribution < 1.29 is 38.1 Å². The normalized spacial score (nSPS) is 13.1. The van der Waals surface area contributed by atoms with Crippen LogP contribution >= 0.6 is 0 Å². The number of rotatable bonds is 72. The van der Waals surface area contributed by atoms with E-state index in [0.717, 1.165) is 168 Å². The van der Waals surface area contributed by atoms with E-state index in [4.69, 9.17) is 18.9 Å². The van der Waals surface area contributed by atoms with Crippen LogP contribution in [0.5, 0.6) is 0 Å².